The summed E-state index contributed by atoms with van der Waals surface area (Å²) in [5, 5.41) is 10.6. The van der Waals surface area contributed by atoms with Gasteiger partial charge in [-0.25, -0.2) is 0 Å². The van der Waals surface area contributed by atoms with Gasteiger partial charge in [0.25, 0.3) is 0 Å². The van der Waals surface area contributed by atoms with Crippen molar-refractivity contribution < 1.29 is 4.74 Å². The smallest absolute Gasteiger partial charge is 0.153 e. The highest BCUT2D eigenvalue weighted by molar-refractivity contribution is 7.99. The molecule has 0 saturated heterocycles. The molecule has 86 heavy (non-hydrogen) atoms. The van der Waals surface area contributed by atoms with Gasteiger partial charge in [-0.05, 0) is 162 Å². The van der Waals surface area contributed by atoms with Crippen molar-refractivity contribution in [1.29, 1.82) is 0 Å². The number of fused-ring (bicyclic) bond motifs is 8. The van der Waals surface area contributed by atoms with Crippen LogP contribution in [0.25, 0.3) is 0 Å². The van der Waals surface area contributed by atoms with Crippen molar-refractivity contribution in [2.24, 2.45) is 0 Å². The molecule has 0 aliphatic carbocycles. The van der Waals surface area contributed by atoms with Crippen LogP contribution in [0.3, 0.4) is 0 Å². The molecule has 12 aromatic rings. The second kappa shape index (κ2) is 22.6. The monoisotopic (exact) mass is 1130 g/mol. The van der Waals surface area contributed by atoms with E-state index in [1.165, 1.54) is 66.2 Å². The molecule has 4 aliphatic heterocycles. The number of rotatable bonds is 7. The van der Waals surface area contributed by atoms with Gasteiger partial charge in [0.2, 0.25) is 0 Å². The van der Waals surface area contributed by atoms with E-state index in [1.54, 1.807) is 0 Å². The molecule has 0 fully saturated rings. The largest absolute Gasteiger partial charge is 0.453 e. The molecule has 4 heterocycles. The molecule has 3 N–H and O–H groups in total. The van der Waals surface area contributed by atoms with E-state index in [1.807, 2.05) is 48.2 Å². The first kappa shape index (κ1) is 53.6. The third-order valence-corrected chi connectivity index (χ3v) is 17.8. The molecule has 0 bridgehead atoms. The fourth-order valence-electron chi connectivity index (χ4n) is 12.4. The molecule has 16 rings (SSSR count). The lowest BCUT2D eigenvalue weighted by Gasteiger charge is -2.43. The van der Waals surface area contributed by atoms with Crippen LogP contribution < -0.4 is 35.4 Å². The van der Waals surface area contributed by atoms with E-state index in [2.05, 4.69) is 319 Å². The van der Waals surface area contributed by atoms with Gasteiger partial charge >= 0.3 is 0 Å². The summed E-state index contributed by atoms with van der Waals surface area (Å²) in [6, 6.07) is 104. The molecule has 0 aromatic heterocycles. The quantitative estimate of drug-likeness (QED) is 0.146. The van der Waals surface area contributed by atoms with Gasteiger partial charge in [-0.1, -0.05) is 191 Å². The average Bonchev–Trinajstić information content (AvgIpc) is 0.860. The molecule has 8 heteroatoms. The maximum absolute atomic E-state index is 6.15. The van der Waals surface area contributed by atoms with E-state index in [0.717, 1.165) is 62.7 Å². The Bertz CT molecular complexity index is 4110. The van der Waals surface area contributed by atoms with Crippen molar-refractivity contribution >= 4 is 97.1 Å². The predicted octanol–water partition coefficient (Wildman–Crippen LogP) is 22.5. The number of ether oxygens (including phenoxy) is 1. The van der Waals surface area contributed by atoms with Crippen LogP contribution in [0.5, 0.6) is 11.5 Å². The molecule has 12 aromatic carbocycles. The highest BCUT2D eigenvalue weighted by Gasteiger charge is 2.38. The number of hydrogen-bond donors (Lipinski definition) is 3. The minimum atomic E-state index is -0.0821. The van der Waals surface area contributed by atoms with Gasteiger partial charge in [-0.3, -0.25) is 0 Å². The molecule has 4 aliphatic rings. The van der Waals surface area contributed by atoms with E-state index >= 15 is 0 Å². The Morgan fingerprint density at radius 1 is 0.302 bits per heavy atom. The number of nitrogens with one attached hydrogen (secondary N) is 3. The first-order chi connectivity index (χ1) is 42.2. The number of benzene rings is 12. The summed E-state index contributed by atoms with van der Waals surface area (Å²) < 4.78 is 6.15. The number of hydrogen-bond acceptors (Lipinski definition) is 8. The summed E-state index contributed by atoms with van der Waals surface area (Å²) in [7, 11) is 0. The van der Waals surface area contributed by atoms with E-state index < -0.39 is 0 Å². The lowest BCUT2D eigenvalue weighted by molar-refractivity contribution is 0.481. The van der Waals surface area contributed by atoms with Crippen LogP contribution in [0, 0.1) is 0 Å². The standard InChI is InChI=1S/C30H28N2.C24H18N2O.C24H18N2S/c1-29(2)21-11-5-8-14-25(21)31-26-18-17-20(19-24(26)29)32-27-15-9-6-12-22(27)30(3,4)23-13-7-10-16-28(23)32;2*1-3-9-18(10-4-1)26(19-11-5-2-6-12-19)20-15-16-22-24(17-20)27-23-14-8-7-13-21(23)25-22/h5-19,31H,1-4H3;2*1-17,25H. The molecule has 0 amide bonds. The Hall–Kier alpha value is -10.4. The summed E-state index contributed by atoms with van der Waals surface area (Å²) in [5.41, 5.74) is 22.4. The normalized spacial score (nSPS) is 13.6. The zero-order valence-electron chi connectivity index (χ0n) is 48.4. The second-order valence-corrected chi connectivity index (χ2v) is 23.9. The van der Waals surface area contributed by atoms with Crippen molar-refractivity contribution in [1.82, 2.24) is 0 Å². The predicted molar refractivity (Wildman–Crippen MR) is 361 cm³/mol. The lowest BCUT2D eigenvalue weighted by Crippen LogP contribution is -2.31. The van der Waals surface area contributed by atoms with Gasteiger partial charge in [-0.2, -0.15) is 0 Å². The van der Waals surface area contributed by atoms with Gasteiger partial charge < -0.3 is 35.4 Å². The van der Waals surface area contributed by atoms with Gasteiger partial charge in [0.1, 0.15) is 0 Å². The van der Waals surface area contributed by atoms with Crippen molar-refractivity contribution in [3.05, 3.63) is 320 Å². The Morgan fingerprint density at radius 3 is 1.29 bits per heavy atom. The summed E-state index contributed by atoms with van der Waals surface area (Å²) in [4.78, 5) is 9.45. The first-order valence-corrected chi connectivity index (χ1v) is 30.1. The van der Waals surface area contributed by atoms with Gasteiger partial charge in [0.15, 0.2) is 11.5 Å². The highest BCUT2D eigenvalue weighted by Crippen LogP contribution is 2.54. The maximum atomic E-state index is 6.15. The van der Waals surface area contributed by atoms with Gasteiger partial charge in [0, 0.05) is 77.9 Å². The van der Waals surface area contributed by atoms with E-state index in [0.29, 0.717) is 0 Å². The molecule has 0 unspecified atom stereocenters. The molecule has 0 saturated carbocycles. The van der Waals surface area contributed by atoms with Crippen LogP contribution in [-0.4, -0.2) is 0 Å². The highest BCUT2D eigenvalue weighted by atomic mass is 32.2. The van der Waals surface area contributed by atoms with Crippen LogP contribution in [0.15, 0.2) is 307 Å². The van der Waals surface area contributed by atoms with E-state index in [4.69, 9.17) is 4.74 Å². The van der Waals surface area contributed by atoms with E-state index in [9.17, 15) is 0 Å². The van der Waals surface area contributed by atoms with Crippen LogP contribution in [0.2, 0.25) is 0 Å². The summed E-state index contributed by atoms with van der Waals surface area (Å²) >= 11 is 1.82. The van der Waals surface area contributed by atoms with Gasteiger partial charge in [0.05, 0.1) is 34.1 Å². The summed E-state index contributed by atoms with van der Waals surface area (Å²) in [6.45, 7) is 9.32. The molecule has 418 valence electrons. The number of anilines is 15. The molecule has 0 atom stereocenters. The van der Waals surface area contributed by atoms with Crippen LogP contribution in [0.4, 0.5) is 85.3 Å². The SMILES string of the molecule is CC1(C)c2ccccc2Nc2ccc(N3c4ccccc4C(C)(C)c4ccccc43)cc21.c1ccc(N(c2ccccc2)c2ccc3c(c2)Oc2ccccc2N3)cc1.c1ccc(N(c2ccccc2)c2ccc3c(c2)Sc2ccccc2N3)cc1. The lowest BCUT2D eigenvalue weighted by atomic mass is 9.73. The molecular formula is C78H64N6OS. The van der Waals surface area contributed by atoms with Crippen LogP contribution >= 0.6 is 11.8 Å². The average molecular weight is 1130 g/mol. The third kappa shape index (κ3) is 10.1. The summed E-state index contributed by atoms with van der Waals surface area (Å²) in [5.74, 6) is 1.66. The van der Waals surface area contributed by atoms with Crippen LogP contribution in [-0.2, 0) is 10.8 Å². The van der Waals surface area contributed by atoms with E-state index in [-0.39, 0.29) is 10.8 Å². The van der Waals surface area contributed by atoms with Crippen LogP contribution in [0.1, 0.15) is 49.9 Å². The molecule has 7 nitrogen and oxygen atoms in total. The van der Waals surface area contributed by atoms with Crippen molar-refractivity contribution in [3.63, 3.8) is 0 Å². The Labute approximate surface area is 508 Å². The second-order valence-electron chi connectivity index (χ2n) is 22.8. The number of para-hydroxylation sites is 10. The molecule has 0 radical (unpaired) electrons. The molecule has 0 spiro atoms. The topological polar surface area (TPSA) is 55.0 Å². The fourth-order valence-corrected chi connectivity index (χ4v) is 13.4. The maximum Gasteiger partial charge on any atom is 0.153 e. The number of nitrogens with zero attached hydrogens (tertiary/aromatic N) is 3. The Morgan fingerprint density at radius 2 is 0.698 bits per heavy atom. The zero-order chi connectivity index (χ0) is 58.2. The summed E-state index contributed by atoms with van der Waals surface area (Å²) in [6.07, 6.45) is 0. The Balaban J connectivity index is 0.000000115. The minimum Gasteiger partial charge on any atom is -0.453 e. The fraction of sp³-hybridized carbons (Fsp3) is 0.0769. The molecular weight excluding hydrogens is 1070 g/mol. The zero-order valence-corrected chi connectivity index (χ0v) is 49.3. The van der Waals surface area contributed by atoms with Gasteiger partial charge in [-0.15, -0.1) is 0 Å². The third-order valence-electron chi connectivity index (χ3n) is 16.7. The minimum absolute atomic E-state index is 0.0440. The van der Waals surface area contributed by atoms with Crippen molar-refractivity contribution in [2.75, 3.05) is 30.7 Å². The Kier molecular flexibility index (Phi) is 14.1. The van der Waals surface area contributed by atoms with Crippen molar-refractivity contribution in [2.45, 2.75) is 48.3 Å². The first-order valence-electron chi connectivity index (χ1n) is 29.3. The van der Waals surface area contributed by atoms with Crippen molar-refractivity contribution in [3.8, 4) is 11.5 Å².